The predicted octanol–water partition coefficient (Wildman–Crippen LogP) is 2.39. The molecule has 7 nitrogen and oxygen atoms in total. The van der Waals surface area contributed by atoms with Crippen LogP contribution < -0.4 is 10.6 Å². The maximum absolute atomic E-state index is 14.5. The zero-order valence-electron chi connectivity index (χ0n) is 17.5. The quantitative estimate of drug-likeness (QED) is 0.500. The second-order valence-corrected chi connectivity index (χ2v) is 7.51. The lowest BCUT2D eigenvalue weighted by atomic mass is 10.0. The molecule has 32 heavy (non-hydrogen) atoms. The van der Waals surface area contributed by atoms with Crippen LogP contribution in [0.3, 0.4) is 0 Å². The van der Waals surface area contributed by atoms with Gasteiger partial charge in [-0.1, -0.05) is 43.0 Å². The molecule has 1 unspecified atom stereocenters. The van der Waals surface area contributed by atoms with Crippen LogP contribution >= 0.6 is 0 Å². The van der Waals surface area contributed by atoms with Crippen molar-refractivity contribution in [1.82, 2.24) is 15.5 Å². The van der Waals surface area contributed by atoms with Gasteiger partial charge in [0, 0.05) is 30.6 Å². The number of carbonyl (C=O) groups is 4. The smallest absolute Gasteiger partial charge is 0.346 e. The van der Waals surface area contributed by atoms with Gasteiger partial charge in [-0.2, -0.15) is 8.78 Å². The van der Waals surface area contributed by atoms with Gasteiger partial charge in [0.15, 0.2) is 0 Å². The molecule has 2 N–H and O–H groups in total. The molecule has 2 aliphatic heterocycles. The number of hydrogen-bond donors (Lipinski definition) is 2. The maximum Gasteiger partial charge on any atom is 0.349 e. The summed E-state index contributed by atoms with van der Waals surface area (Å²) in [6.07, 6.45) is 5.20. The van der Waals surface area contributed by atoms with E-state index in [1.54, 1.807) is 25.1 Å². The number of nitrogens with one attached hydrogen (secondary N) is 2. The first-order valence-corrected chi connectivity index (χ1v) is 10.1. The van der Waals surface area contributed by atoms with Gasteiger partial charge in [-0.25, -0.2) is 0 Å². The number of rotatable bonds is 7. The molecule has 0 aliphatic carbocycles. The predicted molar refractivity (Wildman–Crippen MR) is 112 cm³/mol. The number of benzene rings is 1. The Morgan fingerprint density at radius 2 is 2.09 bits per heavy atom. The number of halogens is 2. The highest BCUT2D eigenvalue weighted by atomic mass is 19.3. The molecule has 4 amide bonds. The van der Waals surface area contributed by atoms with E-state index in [2.05, 4.69) is 17.2 Å². The lowest BCUT2D eigenvalue weighted by Gasteiger charge is -2.29. The number of alkyl halides is 2. The summed E-state index contributed by atoms with van der Waals surface area (Å²) in [5, 5.41) is 4.46. The van der Waals surface area contributed by atoms with Crippen LogP contribution in [-0.2, 0) is 27.5 Å². The minimum atomic E-state index is -3.74. The molecule has 3 rings (SSSR count). The van der Waals surface area contributed by atoms with Crippen LogP contribution in [0.5, 0.6) is 0 Å². The Hall–Kier alpha value is -3.62. The number of fused-ring (bicyclic) bond motifs is 1. The Morgan fingerprint density at radius 3 is 2.75 bits per heavy atom. The fourth-order valence-electron chi connectivity index (χ4n) is 3.73. The van der Waals surface area contributed by atoms with Crippen LogP contribution in [0.15, 0.2) is 54.7 Å². The minimum Gasteiger partial charge on any atom is -0.346 e. The lowest BCUT2D eigenvalue weighted by Crippen LogP contribution is -2.52. The number of carbonyl (C=O) groups excluding carboxylic acids is 4. The van der Waals surface area contributed by atoms with E-state index in [0.717, 1.165) is 12.2 Å². The first-order chi connectivity index (χ1) is 15.2. The van der Waals surface area contributed by atoms with Gasteiger partial charge in [0.25, 0.3) is 11.8 Å². The van der Waals surface area contributed by atoms with Gasteiger partial charge in [0.2, 0.25) is 11.8 Å². The van der Waals surface area contributed by atoms with Crippen molar-refractivity contribution in [2.24, 2.45) is 0 Å². The van der Waals surface area contributed by atoms with Crippen molar-refractivity contribution < 1.29 is 28.0 Å². The molecule has 168 valence electrons. The lowest BCUT2D eigenvalue weighted by molar-refractivity contribution is -0.140. The summed E-state index contributed by atoms with van der Waals surface area (Å²) >= 11 is 0. The Labute approximate surface area is 183 Å². The van der Waals surface area contributed by atoms with E-state index < -0.39 is 29.4 Å². The second-order valence-electron chi connectivity index (χ2n) is 7.51. The van der Waals surface area contributed by atoms with E-state index in [4.69, 9.17) is 0 Å². The molecule has 2 aliphatic rings. The van der Waals surface area contributed by atoms with E-state index >= 15 is 0 Å². The Morgan fingerprint density at radius 1 is 1.34 bits per heavy atom. The van der Waals surface area contributed by atoms with Gasteiger partial charge in [-0.15, -0.1) is 0 Å². The molecular weight excluding hydrogens is 420 g/mol. The highest BCUT2D eigenvalue weighted by Gasteiger charge is 2.42. The summed E-state index contributed by atoms with van der Waals surface area (Å²) in [6, 6.07) is 4.02. The standard InChI is InChI=1S/C23H23F2N3O4/c1-3-5-16(6-4-2)23(24,25)22(32)26-12-14-7-8-17-15(11-14)13-28(21(17)31)18-9-10-19(29)27-20(18)30/h3-8,11,18H,1,9-10,12-13H2,2H3,(H,26,32)(H,27,29,30)/b6-4-,16-5+. The average Bonchev–Trinajstić information content (AvgIpc) is 3.07. The number of nitrogens with zero attached hydrogens (tertiary/aromatic N) is 1. The third kappa shape index (κ3) is 4.51. The highest BCUT2D eigenvalue weighted by Crippen LogP contribution is 2.29. The summed E-state index contributed by atoms with van der Waals surface area (Å²) < 4.78 is 28.9. The van der Waals surface area contributed by atoms with Crippen molar-refractivity contribution >= 4 is 23.6 Å². The molecule has 0 saturated carbocycles. The summed E-state index contributed by atoms with van der Waals surface area (Å²) in [7, 11) is 0. The number of amides is 4. The van der Waals surface area contributed by atoms with E-state index in [0.29, 0.717) is 16.7 Å². The molecule has 9 heteroatoms. The molecule has 1 atom stereocenters. The van der Waals surface area contributed by atoms with Crippen molar-refractivity contribution in [3.63, 3.8) is 0 Å². The first kappa shape index (κ1) is 23.1. The van der Waals surface area contributed by atoms with Gasteiger partial charge < -0.3 is 10.2 Å². The highest BCUT2D eigenvalue weighted by molar-refractivity contribution is 6.05. The van der Waals surface area contributed by atoms with Gasteiger partial charge in [-0.3, -0.25) is 24.5 Å². The van der Waals surface area contributed by atoms with Crippen molar-refractivity contribution in [3.8, 4) is 0 Å². The van der Waals surface area contributed by atoms with Crippen LogP contribution in [0.25, 0.3) is 0 Å². The molecular formula is C23H23F2N3O4. The molecule has 0 bridgehead atoms. The topological polar surface area (TPSA) is 95.6 Å². The Balaban J connectivity index is 1.69. The molecule has 1 aromatic carbocycles. The molecule has 1 saturated heterocycles. The third-order valence-corrected chi connectivity index (χ3v) is 5.33. The zero-order valence-corrected chi connectivity index (χ0v) is 17.5. The molecule has 1 fully saturated rings. The van der Waals surface area contributed by atoms with E-state index in [9.17, 15) is 28.0 Å². The van der Waals surface area contributed by atoms with Crippen LogP contribution in [0.4, 0.5) is 8.78 Å². The number of allylic oxidation sites excluding steroid dienone is 4. The maximum atomic E-state index is 14.5. The molecule has 0 aromatic heterocycles. The summed E-state index contributed by atoms with van der Waals surface area (Å²) in [5.74, 6) is -6.41. The van der Waals surface area contributed by atoms with Gasteiger partial charge in [0.1, 0.15) is 6.04 Å². The number of hydrogen-bond acceptors (Lipinski definition) is 4. The minimum absolute atomic E-state index is 0.150. The van der Waals surface area contributed by atoms with E-state index in [-0.39, 0.29) is 37.7 Å². The van der Waals surface area contributed by atoms with Gasteiger partial charge >= 0.3 is 5.92 Å². The van der Waals surface area contributed by atoms with E-state index in [1.165, 1.54) is 17.1 Å². The largest absolute Gasteiger partial charge is 0.349 e. The van der Waals surface area contributed by atoms with Gasteiger partial charge in [-0.05, 0) is 30.5 Å². The molecule has 0 radical (unpaired) electrons. The van der Waals surface area contributed by atoms with Crippen molar-refractivity contribution in [2.75, 3.05) is 0 Å². The summed E-state index contributed by atoms with van der Waals surface area (Å²) in [5.41, 5.74) is 1.08. The summed E-state index contributed by atoms with van der Waals surface area (Å²) in [4.78, 5) is 49.7. The fourth-order valence-corrected chi connectivity index (χ4v) is 3.73. The zero-order chi connectivity index (χ0) is 23.5. The fraction of sp³-hybridized carbons (Fsp3) is 0.304. The Kier molecular flexibility index (Phi) is 6.67. The normalized spacial score (nSPS) is 19.2. The van der Waals surface area contributed by atoms with Crippen molar-refractivity contribution in [2.45, 2.75) is 44.8 Å². The first-order valence-electron chi connectivity index (χ1n) is 10.1. The number of piperidine rings is 1. The molecule has 2 heterocycles. The van der Waals surface area contributed by atoms with E-state index in [1.807, 2.05) is 0 Å². The van der Waals surface area contributed by atoms with Gasteiger partial charge in [0.05, 0.1) is 0 Å². The number of imide groups is 1. The Bertz CT molecular complexity index is 1050. The average molecular weight is 443 g/mol. The van der Waals surface area contributed by atoms with Crippen LogP contribution in [0.2, 0.25) is 0 Å². The third-order valence-electron chi connectivity index (χ3n) is 5.33. The van der Waals surface area contributed by atoms with Crippen LogP contribution in [0.1, 0.15) is 41.3 Å². The van der Waals surface area contributed by atoms with Crippen LogP contribution in [0, 0.1) is 0 Å². The summed E-state index contributed by atoms with van der Waals surface area (Å²) in [6.45, 7) is 4.95. The van der Waals surface area contributed by atoms with Crippen molar-refractivity contribution in [3.05, 3.63) is 71.3 Å². The SMILES string of the molecule is C=C/C=C(\C=C/C)C(F)(F)C(=O)NCc1ccc2c(c1)CN(C1CCC(=O)NC1=O)C2=O. The van der Waals surface area contributed by atoms with Crippen molar-refractivity contribution in [1.29, 1.82) is 0 Å². The second kappa shape index (κ2) is 9.25. The molecule has 1 aromatic rings. The van der Waals surface area contributed by atoms with Crippen LogP contribution in [-0.4, -0.2) is 40.5 Å². The monoisotopic (exact) mass is 443 g/mol. The molecule has 0 spiro atoms.